The van der Waals surface area contributed by atoms with Crippen LogP contribution in [0.5, 0.6) is 0 Å². The summed E-state index contributed by atoms with van der Waals surface area (Å²) in [6.45, 7) is 3.16. The highest BCUT2D eigenvalue weighted by Crippen LogP contribution is 2.29. The average Bonchev–Trinajstić information content (AvgIpc) is 3.00. The summed E-state index contributed by atoms with van der Waals surface area (Å²) in [7, 11) is 2.21. The molecule has 4 rings (SSSR count). The van der Waals surface area contributed by atoms with E-state index in [9.17, 15) is 0 Å². The maximum absolute atomic E-state index is 5.96. The molecule has 3 aromatic rings. The van der Waals surface area contributed by atoms with Gasteiger partial charge in [0.15, 0.2) is 0 Å². The minimum Gasteiger partial charge on any atom is -0.306 e. The molecule has 1 aliphatic heterocycles. The van der Waals surface area contributed by atoms with Gasteiger partial charge >= 0.3 is 0 Å². The van der Waals surface area contributed by atoms with Gasteiger partial charge in [0, 0.05) is 10.4 Å². The van der Waals surface area contributed by atoms with Crippen LogP contribution in [0.3, 0.4) is 0 Å². The fraction of sp³-hybridized carbons (Fsp3) is 0.350. The first-order chi connectivity index (χ1) is 11.7. The van der Waals surface area contributed by atoms with E-state index >= 15 is 0 Å². The van der Waals surface area contributed by atoms with Crippen LogP contribution in [-0.4, -0.2) is 34.8 Å². The van der Waals surface area contributed by atoms with Gasteiger partial charge in [0.2, 0.25) is 0 Å². The Kier molecular flexibility index (Phi) is 4.30. The maximum Gasteiger partial charge on any atom is 0.0686 e. The zero-order valence-corrected chi connectivity index (χ0v) is 14.7. The molecule has 3 nitrogen and oxygen atoms in total. The number of fused-ring (bicyclic) bond motifs is 1. The van der Waals surface area contributed by atoms with Crippen molar-refractivity contribution in [3.63, 3.8) is 0 Å². The summed E-state index contributed by atoms with van der Waals surface area (Å²) in [6, 6.07) is 14.8. The van der Waals surface area contributed by atoms with Crippen LogP contribution in [0.1, 0.15) is 29.9 Å². The van der Waals surface area contributed by atoms with Crippen molar-refractivity contribution in [2.75, 3.05) is 20.1 Å². The lowest BCUT2D eigenvalue weighted by molar-refractivity contribution is 0.255. The third kappa shape index (κ3) is 3.19. The number of aromatic nitrogens is 2. The number of hydrogen-bond donors (Lipinski definition) is 0. The van der Waals surface area contributed by atoms with Crippen LogP contribution in [-0.2, 0) is 6.54 Å². The molecule has 0 radical (unpaired) electrons. The van der Waals surface area contributed by atoms with Gasteiger partial charge in [-0.05, 0) is 74.3 Å². The second kappa shape index (κ2) is 6.58. The van der Waals surface area contributed by atoms with Crippen molar-refractivity contribution in [1.82, 2.24) is 14.7 Å². The minimum absolute atomic E-state index is 0.685. The summed E-state index contributed by atoms with van der Waals surface area (Å²) < 4.78 is 2.07. The largest absolute Gasteiger partial charge is 0.306 e. The van der Waals surface area contributed by atoms with Crippen LogP contribution in [0, 0.1) is 0 Å². The van der Waals surface area contributed by atoms with Gasteiger partial charge in [0.05, 0.1) is 18.3 Å². The minimum atomic E-state index is 0.685. The van der Waals surface area contributed by atoms with Gasteiger partial charge < -0.3 is 4.90 Å². The van der Waals surface area contributed by atoms with Crippen LogP contribution < -0.4 is 0 Å². The van der Waals surface area contributed by atoms with E-state index in [1.807, 2.05) is 18.3 Å². The molecular formula is C20H22ClN3. The van der Waals surface area contributed by atoms with Crippen LogP contribution in [0.15, 0.2) is 48.7 Å². The number of halogens is 1. The lowest BCUT2D eigenvalue weighted by Gasteiger charge is -2.29. The molecule has 0 atom stereocenters. The van der Waals surface area contributed by atoms with Crippen LogP contribution in [0.4, 0.5) is 0 Å². The quantitative estimate of drug-likeness (QED) is 0.698. The third-order valence-corrected chi connectivity index (χ3v) is 5.35. The van der Waals surface area contributed by atoms with E-state index < -0.39 is 0 Å². The number of nitrogens with zero attached hydrogens (tertiary/aromatic N) is 3. The first-order valence-corrected chi connectivity index (χ1v) is 8.95. The van der Waals surface area contributed by atoms with E-state index in [2.05, 4.69) is 52.1 Å². The molecule has 2 heterocycles. The van der Waals surface area contributed by atoms with Crippen molar-refractivity contribution in [2.24, 2.45) is 0 Å². The number of likely N-dealkylation sites (tertiary alicyclic amines) is 1. The van der Waals surface area contributed by atoms with E-state index in [0.717, 1.165) is 11.6 Å². The Hall–Kier alpha value is -1.84. The summed E-state index contributed by atoms with van der Waals surface area (Å²) >= 11 is 5.96. The Balaban J connectivity index is 1.57. The van der Waals surface area contributed by atoms with Gasteiger partial charge in [-0.15, -0.1) is 0 Å². The Labute approximate surface area is 147 Å². The van der Waals surface area contributed by atoms with E-state index in [1.165, 1.54) is 48.0 Å². The third-order valence-electron chi connectivity index (χ3n) is 5.10. The van der Waals surface area contributed by atoms with Gasteiger partial charge in [0.25, 0.3) is 0 Å². The monoisotopic (exact) mass is 339 g/mol. The number of rotatable bonds is 3. The fourth-order valence-electron chi connectivity index (χ4n) is 3.59. The van der Waals surface area contributed by atoms with Crippen molar-refractivity contribution >= 4 is 22.5 Å². The lowest BCUT2D eigenvalue weighted by atomic mass is 9.89. The van der Waals surface area contributed by atoms with Crippen molar-refractivity contribution in [3.05, 3.63) is 64.8 Å². The average molecular weight is 340 g/mol. The Morgan fingerprint density at radius 2 is 1.83 bits per heavy atom. The standard InChI is InChI=1S/C20H22ClN3/c1-23-10-8-16(9-11-23)17-4-7-20-18(12-17)13-22-24(20)14-15-2-5-19(21)6-3-15/h2-7,12-13,16H,8-11,14H2,1H3. The number of piperidine rings is 1. The molecule has 2 aromatic carbocycles. The fourth-order valence-corrected chi connectivity index (χ4v) is 3.72. The Morgan fingerprint density at radius 3 is 2.58 bits per heavy atom. The molecular weight excluding hydrogens is 318 g/mol. The molecule has 0 N–H and O–H groups in total. The lowest BCUT2D eigenvalue weighted by Crippen LogP contribution is -2.29. The Morgan fingerprint density at radius 1 is 1.08 bits per heavy atom. The number of hydrogen-bond acceptors (Lipinski definition) is 2. The first-order valence-electron chi connectivity index (χ1n) is 8.57. The predicted molar refractivity (Wildman–Crippen MR) is 99.8 cm³/mol. The summed E-state index contributed by atoms with van der Waals surface area (Å²) in [5.74, 6) is 0.685. The van der Waals surface area contributed by atoms with E-state index in [-0.39, 0.29) is 0 Å². The van der Waals surface area contributed by atoms with Gasteiger partial charge in [-0.25, -0.2) is 0 Å². The summed E-state index contributed by atoms with van der Waals surface area (Å²) in [6.07, 6.45) is 4.49. The van der Waals surface area contributed by atoms with Gasteiger partial charge in [-0.3, -0.25) is 4.68 Å². The van der Waals surface area contributed by atoms with Gasteiger partial charge in [-0.2, -0.15) is 5.10 Å². The highest BCUT2D eigenvalue weighted by atomic mass is 35.5. The van der Waals surface area contributed by atoms with Crippen molar-refractivity contribution in [2.45, 2.75) is 25.3 Å². The van der Waals surface area contributed by atoms with E-state index in [0.29, 0.717) is 5.92 Å². The molecule has 0 spiro atoms. The molecule has 0 bridgehead atoms. The zero-order chi connectivity index (χ0) is 16.5. The van der Waals surface area contributed by atoms with Crippen molar-refractivity contribution < 1.29 is 0 Å². The molecule has 1 aliphatic rings. The van der Waals surface area contributed by atoms with Crippen LogP contribution >= 0.6 is 11.6 Å². The molecule has 124 valence electrons. The zero-order valence-electron chi connectivity index (χ0n) is 14.0. The normalized spacial score (nSPS) is 16.8. The second-order valence-corrected chi connectivity index (χ2v) is 7.26. The van der Waals surface area contributed by atoms with E-state index in [1.54, 1.807) is 0 Å². The highest BCUT2D eigenvalue weighted by Gasteiger charge is 2.19. The second-order valence-electron chi connectivity index (χ2n) is 6.82. The van der Waals surface area contributed by atoms with E-state index in [4.69, 9.17) is 11.6 Å². The van der Waals surface area contributed by atoms with Crippen LogP contribution in [0.25, 0.3) is 10.9 Å². The van der Waals surface area contributed by atoms with Crippen LogP contribution in [0.2, 0.25) is 5.02 Å². The smallest absolute Gasteiger partial charge is 0.0686 e. The number of benzene rings is 2. The summed E-state index contributed by atoms with van der Waals surface area (Å²) in [4.78, 5) is 2.42. The molecule has 1 saturated heterocycles. The molecule has 24 heavy (non-hydrogen) atoms. The maximum atomic E-state index is 5.96. The molecule has 0 amide bonds. The molecule has 4 heteroatoms. The summed E-state index contributed by atoms with van der Waals surface area (Å²) in [5, 5.41) is 6.59. The SMILES string of the molecule is CN1CCC(c2ccc3c(cnn3Cc3ccc(Cl)cc3)c2)CC1. The molecule has 0 saturated carbocycles. The molecule has 1 aromatic heterocycles. The molecule has 0 aliphatic carbocycles. The molecule has 0 unspecified atom stereocenters. The topological polar surface area (TPSA) is 21.1 Å². The Bertz CT molecular complexity index is 830. The van der Waals surface area contributed by atoms with Crippen molar-refractivity contribution in [3.8, 4) is 0 Å². The molecule has 1 fully saturated rings. The van der Waals surface area contributed by atoms with Crippen molar-refractivity contribution in [1.29, 1.82) is 0 Å². The summed E-state index contributed by atoms with van der Waals surface area (Å²) in [5.41, 5.74) is 3.87. The van der Waals surface area contributed by atoms with Gasteiger partial charge in [0.1, 0.15) is 0 Å². The predicted octanol–water partition coefficient (Wildman–Crippen LogP) is 4.55. The van der Waals surface area contributed by atoms with Gasteiger partial charge in [-0.1, -0.05) is 29.8 Å². The first kappa shape index (κ1) is 15.7. The highest BCUT2D eigenvalue weighted by molar-refractivity contribution is 6.30.